The SMILES string of the molecule is Cc1cc(C(C)(O)CNS(=O)(=O)c2cn(C(C)C)cn2)c(C)o1. The van der Waals surface area contributed by atoms with Crippen molar-refractivity contribution in [2.75, 3.05) is 6.54 Å². The van der Waals surface area contributed by atoms with Crippen molar-refractivity contribution >= 4 is 10.0 Å². The number of imidazole rings is 1. The van der Waals surface area contributed by atoms with E-state index in [0.717, 1.165) is 0 Å². The Morgan fingerprint density at radius 3 is 2.57 bits per heavy atom. The Morgan fingerprint density at radius 1 is 1.43 bits per heavy atom. The number of hydrogen-bond donors (Lipinski definition) is 2. The summed E-state index contributed by atoms with van der Waals surface area (Å²) in [6.45, 7) is 8.73. The number of rotatable bonds is 6. The molecule has 0 aliphatic carbocycles. The number of hydrogen-bond acceptors (Lipinski definition) is 5. The van der Waals surface area contributed by atoms with Crippen LogP contribution in [0.3, 0.4) is 0 Å². The van der Waals surface area contributed by atoms with Crippen molar-refractivity contribution in [2.45, 2.75) is 51.3 Å². The Hall–Kier alpha value is -1.64. The van der Waals surface area contributed by atoms with Gasteiger partial charge in [0.15, 0.2) is 5.03 Å². The Bertz CT molecular complexity index is 788. The lowest BCUT2D eigenvalue weighted by molar-refractivity contribution is 0.0612. The van der Waals surface area contributed by atoms with Crippen molar-refractivity contribution in [3.05, 3.63) is 35.7 Å². The zero-order valence-corrected chi connectivity index (χ0v) is 14.8. The molecule has 0 aliphatic rings. The number of nitrogens with one attached hydrogen (secondary N) is 1. The standard InChI is InChI=1S/C15H23N3O4S/c1-10(2)18-7-14(16-9-18)23(20,21)17-8-15(5,19)13-6-11(3)22-12(13)4/h6-7,9-10,17,19H,8H2,1-5H3. The first kappa shape index (κ1) is 17.7. The molecule has 7 nitrogen and oxygen atoms in total. The number of aryl methyl sites for hydroxylation is 2. The largest absolute Gasteiger partial charge is 0.466 e. The maximum atomic E-state index is 12.3. The summed E-state index contributed by atoms with van der Waals surface area (Å²) in [5.74, 6) is 1.23. The van der Waals surface area contributed by atoms with Crippen molar-refractivity contribution < 1.29 is 17.9 Å². The highest BCUT2D eigenvalue weighted by atomic mass is 32.2. The van der Waals surface area contributed by atoms with Crippen LogP contribution in [0.2, 0.25) is 0 Å². The van der Waals surface area contributed by atoms with E-state index in [0.29, 0.717) is 17.1 Å². The third kappa shape index (κ3) is 3.82. The van der Waals surface area contributed by atoms with Crippen LogP contribution >= 0.6 is 0 Å². The summed E-state index contributed by atoms with van der Waals surface area (Å²) in [5.41, 5.74) is -0.819. The van der Waals surface area contributed by atoms with Gasteiger partial charge in [0.1, 0.15) is 17.1 Å². The highest BCUT2D eigenvalue weighted by Gasteiger charge is 2.30. The highest BCUT2D eigenvalue weighted by Crippen LogP contribution is 2.26. The van der Waals surface area contributed by atoms with E-state index in [1.165, 1.54) is 12.5 Å². The van der Waals surface area contributed by atoms with Gasteiger partial charge in [0.25, 0.3) is 10.0 Å². The first-order valence-electron chi connectivity index (χ1n) is 7.36. The molecule has 23 heavy (non-hydrogen) atoms. The van der Waals surface area contributed by atoms with Crippen molar-refractivity contribution in [3.63, 3.8) is 0 Å². The molecule has 0 bridgehead atoms. The lowest BCUT2D eigenvalue weighted by Gasteiger charge is -2.23. The van der Waals surface area contributed by atoms with E-state index in [1.54, 1.807) is 31.4 Å². The Balaban J connectivity index is 2.16. The van der Waals surface area contributed by atoms with E-state index in [4.69, 9.17) is 4.42 Å². The average molecular weight is 341 g/mol. The second kappa shape index (κ2) is 6.10. The van der Waals surface area contributed by atoms with Gasteiger partial charge in [0, 0.05) is 24.3 Å². The fraction of sp³-hybridized carbons (Fsp3) is 0.533. The first-order chi connectivity index (χ1) is 10.5. The third-order valence-corrected chi connectivity index (χ3v) is 4.96. The van der Waals surface area contributed by atoms with Gasteiger partial charge < -0.3 is 14.1 Å². The van der Waals surface area contributed by atoms with Gasteiger partial charge >= 0.3 is 0 Å². The molecule has 128 valence electrons. The minimum atomic E-state index is -3.79. The molecule has 8 heteroatoms. The van der Waals surface area contributed by atoms with Crippen molar-refractivity contribution in [3.8, 4) is 0 Å². The lowest BCUT2D eigenvalue weighted by Crippen LogP contribution is -2.38. The van der Waals surface area contributed by atoms with E-state index in [2.05, 4.69) is 9.71 Å². The van der Waals surface area contributed by atoms with E-state index in [-0.39, 0.29) is 17.6 Å². The number of nitrogens with zero attached hydrogens (tertiary/aromatic N) is 2. The lowest BCUT2D eigenvalue weighted by atomic mass is 9.97. The normalized spacial score (nSPS) is 15.1. The summed E-state index contributed by atoms with van der Waals surface area (Å²) in [7, 11) is -3.79. The van der Waals surface area contributed by atoms with Crippen LogP contribution in [0.4, 0.5) is 0 Å². The van der Waals surface area contributed by atoms with Crippen molar-refractivity contribution in [2.24, 2.45) is 0 Å². The molecule has 0 saturated carbocycles. The van der Waals surface area contributed by atoms with Crippen LogP contribution in [0.1, 0.15) is 43.9 Å². The van der Waals surface area contributed by atoms with Crippen LogP contribution in [0.25, 0.3) is 0 Å². The van der Waals surface area contributed by atoms with Gasteiger partial charge in [-0.2, -0.15) is 0 Å². The van der Waals surface area contributed by atoms with Gasteiger partial charge in [-0.15, -0.1) is 0 Å². The topological polar surface area (TPSA) is 97.4 Å². The molecule has 2 aromatic rings. The second-order valence-electron chi connectivity index (χ2n) is 6.18. The molecular weight excluding hydrogens is 318 g/mol. The summed E-state index contributed by atoms with van der Waals surface area (Å²) in [6, 6.07) is 1.82. The van der Waals surface area contributed by atoms with Crippen molar-refractivity contribution in [1.29, 1.82) is 0 Å². The van der Waals surface area contributed by atoms with E-state index >= 15 is 0 Å². The first-order valence-corrected chi connectivity index (χ1v) is 8.84. The van der Waals surface area contributed by atoms with Gasteiger partial charge in [0.05, 0.1) is 6.33 Å². The highest BCUT2D eigenvalue weighted by molar-refractivity contribution is 7.89. The molecule has 2 heterocycles. The zero-order valence-electron chi connectivity index (χ0n) is 14.0. The Kier molecular flexibility index (Phi) is 4.70. The fourth-order valence-electron chi connectivity index (χ4n) is 2.31. The summed E-state index contributed by atoms with van der Waals surface area (Å²) < 4.78 is 34.1. The van der Waals surface area contributed by atoms with Gasteiger partial charge in [-0.1, -0.05) is 0 Å². The summed E-state index contributed by atoms with van der Waals surface area (Å²) in [4.78, 5) is 3.92. The molecule has 0 spiro atoms. The molecule has 1 unspecified atom stereocenters. The summed E-state index contributed by atoms with van der Waals surface area (Å²) in [6.07, 6.45) is 2.94. The van der Waals surface area contributed by atoms with Gasteiger partial charge in [-0.25, -0.2) is 18.1 Å². The minimum absolute atomic E-state index is 0.0675. The molecule has 0 fully saturated rings. The van der Waals surface area contributed by atoms with Gasteiger partial charge in [-0.3, -0.25) is 0 Å². The number of furan rings is 1. The second-order valence-corrected chi connectivity index (χ2v) is 7.89. The fourth-order valence-corrected chi connectivity index (χ4v) is 3.37. The number of aromatic nitrogens is 2. The van der Waals surface area contributed by atoms with Crippen LogP contribution in [0.5, 0.6) is 0 Å². The molecule has 2 N–H and O–H groups in total. The Morgan fingerprint density at radius 2 is 2.09 bits per heavy atom. The Labute approximate surface area is 136 Å². The average Bonchev–Trinajstić information content (AvgIpc) is 3.04. The summed E-state index contributed by atoms with van der Waals surface area (Å²) in [5, 5.41) is 10.5. The molecule has 0 aromatic carbocycles. The molecule has 0 saturated heterocycles. The zero-order chi connectivity index (χ0) is 17.4. The number of aliphatic hydroxyl groups is 1. The minimum Gasteiger partial charge on any atom is -0.466 e. The molecule has 2 rings (SSSR count). The maximum absolute atomic E-state index is 12.3. The molecule has 0 amide bonds. The van der Waals surface area contributed by atoms with Gasteiger partial charge in [0.2, 0.25) is 0 Å². The van der Waals surface area contributed by atoms with E-state index in [1.807, 2.05) is 13.8 Å². The van der Waals surface area contributed by atoms with E-state index in [9.17, 15) is 13.5 Å². The third-order valence-electron chi connectivity index (χ3n) is 3.68. The van der Waals surface area contributed by atoms with Crippen LogP contribution in [0, 0.1) is 13.8 Å². The molecular formula is C15H23N3O4S. The predicted molar refractivity (Wildman–Crippen MR) is 85.6 cm³/mol. The van der Waals surface area contributed by atoms with Crippen LogP contribution in [-0.2, 0) is 15.6 Å². The van der Waals surface area contributed by atoms with Crippen LogP contribution in [-0.4, -0.2) is 29.6 Å². The predicted octanol–water partition coefficient (Wildman–Crippen LogP) is 1.86. The van der Waals surface area contributed by atoms with E-state index < -0.39 is 15.6 Å². The molecule has 0 radical (unpaired) electrons. The quantitative estimate of drug-likeness (QED) is 0.836. The molecule has 1 atom stereocenters. The summed E-state index contributed by atoms with van der Waals surface area (Å²) >= 11 is 0. The van der Waals surface area contributed by atoms with Gasteiger partial charge in [-0.05, 0) is 40.7 Å². The van der Waals surface area contributed by atoms with Crippen LogP contribution in [0.15, 0.2) is 28.0 Å². The smallest absolute Gasteiger partial charge is 0.259 e. The molecule has 2 aromatic heterocycles. The molecule has 0 aliphatic heterocycles. The number of sulfonamides is 1. The van der Waals surface area contributed by atoms with Crippen LogP contribution < -0.4 is 4.72 Å². The van der Waals surface area contributed by atoms with Crippen molar-refractivity contribution in [1.82, 2.24) is 14.3 Å². The monoisotopic (exact) mass is 341 g/mol. The maximum Gasteiger partial charge on any atom is 0.259 e.